The van der Waals surface area contributed by atoms with Crippen molar-refractivity contribution in [3.63, 3.8) is 0 Å². The van der Waals surface area contributed by atoms with E-state index < -0.39 is 0 Å². The zero-order valence-electron chi connectivity index (χ0n) is 12.8. The zero-order valence-corrected chi connectivity index (χ0v) is 12.8. The Balaban J connectivity index is 2.07. The van der Waals surface area contributed by atoms with Crippen molar-refractivity contribution in [3.8, 4) is 5.75 Å². The molecule has 1 heterocycles. The van der Waals surface area contributed by atoms with Crippen molar-refractivity contribution >= 4 is 17.5 Å². The van der Waals surface area contributed by atoms with Crippen LogP contribution in [-0.2, 0) is 0 Å². The van der Waals surface area contributed by atoms with E-state index in [4.69, 9.17) is 4.74 Å². The molecule has 0 bridgehead atoms. The Hall–Kier alpha value is -2.63. The summed E-state index contributed by atoms with van der Waals surface area (Å²) in [6.07, 6.45) is 3.90. The minimum atomic E-state index is -0.164. The van der Waals surface area contributed by atoms with Gasteiger partial charge in [0.25, 0.3) is 5.91 Å². The van der Waals surface area contributed by atoms with Gasteiger partial charge >= 0.3 is 0 Å². The van der Waals surface area contributed by atoms with Crippen molar-refractivity contribution in [1.82, 2.24) is 15.3 Å². The van der Waals surface area contributed by atoms with Gasteiger partial charge in [0.15, 0.2) is 0 Å². The summed E-state index contributed by atoms with van der Waals surface area (Å²) < 4.78 is 5.53. The molecule has 1 aromatic carbocycles. The first-order chi connectivity index (χ1) is 10.7. The fourth-order valence-electron chi connectivity index (χ4n) is 1.82. The maximum atomic E-state index is 11.8. The van der Waals surface area contributed by atoms with Crippen molar-refractivity contribution in [2.45, 2.75) is 20.3 Å². The molecule has 2 aromatic rings. The molecule has 0 aliphatic heterocycles. The molecule has 22 heavy (non-hydrogen) atoms. The molecular weight excluding hydrogens is 280 g/mol. The number of ether oxygens (including phenoxy) is 1. The van der Waals surface area contributed by atoms with Crippen LogP contribution in [0.15, 0.2) is 36.7 Å². The third-order valence-corrected chi connectivity index (χ3v) is 2.88. The molecule has 0 saturated heterocycles. The van der Waals surface area contributed by atoms with Gasteiger partial charge in [0.2, 0.25) is 5.95 Å². The van der Waals surface area contributed by atoms with Crippen LogP contribution in [0, 0.1) is 0 Å². The van der Waals surface area contributed by atoms with E-state index in [9.17, 15) is 4.79 Å². The molecule has 1 aromatic heterocycles. The number of nitrogens with one attached hydrogen (secondary N) is 2. The number of anilines is 2. The van der Waals surface area contributed by atoms with Gasteiger partial charge in [-0.3, -0.25) is 4.79 Å². The van der Waals surface area contributed by atoms with Crippen LogP contribution in [0.2, 0.25) is 0 Å². The Labute approximate surface area is 129 Å². The number of amides is 1. The summed E-state index contributed by atoms with van der Waals surface area (Å²) in [6.45, 7) is 5.15. The molecule has 0 atom stereocenters. The smallest absolute Gasteiger partial charge is 0.254 e. The third kappa shape index (κ3) is 4.18. The lowest BCUT2D eigenvalue weighted by molar-refractivity contribution is 0.0953. The number of para-hydroxylation sites is 2. The molecule has 0 spiro atoms. The normalized spacial score (nSPS) is 10.1. The van der Waals surface area contributed by atoms with Crippen molar-refractivity contribution in [1.29, 1.82) is 0 Å². The number of carbonyl (C=O) groups is 1. The quantitative estimate of drug-likeness (QED) is 0.822. The first-order valence-electron chi connectivity index (χ1n) is 7.33. The predicted octanol–water partition coefficient (Wildman–Crippen LogP) is 2.76. The maximum absolute atomic E-state index is 11.8. The van der Waals surface area contributed by atoms with Crippen molar-refractivity contribution in [3.05, 3.63) is 42.2 Å². The topological polar surface area (TPSA) is 76.1 Å². The molecule has 6 nitrogen and oxygen atoms in total. The Morgan fingerprint density at radius 3 is 2.59 bits per heavy atom. The van der Waals surface area contributed by atoms with Crippen LogP contribution in [0.4, 0.5) is 11.6 Å². The standard InChI is InChI=1S/C16H20N4O2/c1-3-9-17-15(21)12-10-18-16(19-11-12)20-13-7-5-6-8-14(13)22-4-2/h5-8,10-11H,3-4,9H2,1-2H3,(H,17,21)(H,18,19,20). The summed E-state index contributed by atoms with van der Waals surface area (Å²) in [5.74, 6) is 0.987. The number of hydrogen-bond acceptors (Lipinski definition) is 5. The monoisotopic (exact) mass is 300 g/mol. The highest BCUT2D eigenvalue weighted by Gasteiger charge is 2.08. The number of rotatable bonds is 7. The minimum Gasteiger partial charge on any atom is -0.492 e. The van der Waals surface area contributed by atoms with Gasteiger partial charge in [0, 0.05) is 18.9 Å². The Morgan fingerprint density at radius 2 is 1.91 bits per heavy atom. The number of aromatic nitrogens is 2. The molecule has 2 N–H and O–H groups in total. The summed E-state index contributed by atoms with van der Waals surface area (Å²) in [5, 5.41) is 5.87. The number of nitrogens with zero attached hydrogens (tertiary/aromatic N) is 2. The van der Waals surface area contributed by atoms with Crippen LogP contribution in [0.5, 0.6) is 5.75 Å². The highest BCUT2D eigenvalue weighted by molar-refractivity contribution is 5.93. The molecule has 0 fully saturated rings. The predicted molar refractivity (Wildman–Crippen MR) is 85.5 cm³/mol. The largest absolute Gasteiger partial charge is 0.492 e. The molecule has 0 radical (unpaired) electrons. The van der Waals surface area contributed by atoms with Crippen LogP contribution in [-0.4, -0.2) is 29.0 Å². The van der Waals surface area contributed by atoms with Crippen LogP contribution >= 0.6 is 0 Å². The minimum absolute atomic E-state index is 0.164. The van der Waals surface area contributed by atoms with Crippen molar-refractivity contribution in [2.24, 2.45) is 0 Å². The summed E-state index contributed by atoms with van der Waals surface area (Å²) in [4.78, 5) is 20.1. The van der Waals surface area contributed by atoms with Gasteiger partial charge in [-0.1, -0.05) is 19.1 Å². The highest BCUT2D eigenvalue weighted by atomic mass is 16.5. The molecular formula is C16H20N4O2. The van der Waals surface area contributed by atoms with E-state index in [0.29, 0.717) is 24.7 Å². The first-order valence-corrected chi connectivity index (χ1v) is 7.33. The molecule has 0 unspecified atom stereocenters. The van der Waals surface area contributed by atoms with Gasteiger partial charge in [0.1, 0.15) is 5.75 Å². The Morgan fingerprint density at radius 1 is 1.18 bits per heavy atom. The Kier molecular flexibility index (Phi) is 5.71. The summed E-state index contributed by atoms with van der Waals surface area (Å²) in [5.41, 5.74) is 1.23. The van der Waals surface area contributed by atoms with E-state index in [2.05, 4.69) is 20.6 Å². The van der Waals surface area contributed by atoms with Crippen molar-refractivity contribution in [2.75, 3.05) is 18.5 Å². The molecule has 116 valence electrons. The van der Waals surface area contributed by atoms with Gasteiger partial charge in [-0.2, -0.15) is 0 Å². The van der Waals surface area contributed by atoms with Crippen LogP contribution in [0.3, 0.4) is 0 Å². The van der Waals surface area contributed by atoms with Gasteiger partial charge in [0.05, 0.1) is 17.9 Å². The molecule has 0 aliphatic rings. The molecule has 6 heteroatoms. The van der Waals surface area contributed by atoms with E-state index in [1.54, 1.807) is 0 Å². The Bertz CT molecular complexity index is 614. The van der Waals surface area contributed by atoms with Crippen LogP contribution < -0.4 is 15.4 Å². The highest BCUT2D eigenvalue weighted by Crippen LogP contribution is 2.25. The number of carbonyl (C=O) groups excluding carboxylic acids is 1. The average Bonchev–Trinajstić information content (AvgIpc) is 2.55. The second-order valence-corrected chi connectivity index (χ2v) is 4.61. The van der Waals surface area contributed by atoms with E-state index in [0.717, 1.165) is 17.9 Å². The SMILES string of the molecule is CCCNC(=O)c1cnc(Nc2ccccc2OCC)nc1. The lowest BCUT2D eigenvalue weighted by Crippen LogP contribution is -2.24. The second kappa shape index (κ2) is 7.97. The van der Waals surface area contributed by atoms with Gasteiger partial charge in [-0.25, -0.2) is 9.97 Å². The fraction of sp³-hybridized carbons (Fsp3) is 0.312. The molecule has 2 rings (SSSR count). The van der Waals surface area contributed by atoms with Crippen LogP contribution in [0.25, 0.3) is 0 Å². The summed E-state index contributed by atoms with van der Waals surface area (Å²) in [6, 6.07) is 7.56. The third-order valence-electron chi connectivity index (χ3n) is 2.88. The van der Waals surface area contributed by atoms with Crippen molar-refractivity contribution < 1.29 is 9.53 Å². The van der Waals surface area contributed by atoms with E-state index >= 15 is 0 Å². The number of hydrogen-bond donors (Lipinski definition) is 2. The van der Waals surface area contributed by atoms with Gasteiger partial charge < -0.3 is 15.4 Å². The van der Waals surface area contributed by atoms with E-state index in [1.165, 1.54) is 12.4 Å². The summed E-state index contributed by atoms with van der Waals surface area (Å²) >= 11 is 0. The molecule has 0 aliphatic carbocycles. The van der Waals surface area contributed by atoms with E-state index in [1.807, 2.05) is 38.1 Å². The van der Waals surface area contributed by atoms with Gasteiger partial charge in [-0.05, 0) is 25.5 Å². The summed E-state index contributed by atoms with van der Waals surface area (Å²) in [7, 11) is 0. The van der Waals surface area contributed by atoms with Crippen LogP contribution in [0.1, 0.15) is 30.6 Å². The lowest BCUT2D eigenvalue weighted by Gasteiger charge is -2.11. The first kappa shape index (κ1) is 15.8. The maximum Gasteiger partial charge on any atom is 0.254 e. The van der Waals surface area contributed by atoms with E-state index in [-0.39, 0.29) is 5.91 Å². The van der Waals surface area contributed by atoms with Gasteiger partial charge in [-0.15, -0.1) is 0 Å². The number of benzene rings is 1. The molecule has 1 amide bonds. The second-order valence-electron chi connectivity index (χ2n) is 4.61. The average molecular weight is 300 g/mol. The lowest BCUT2D eigenvalue weighted by atomic mass is 10.3. The zero-order chi connectivity index (χ0) is 15.8. The fourth-order valence-corrected chi connectivity index (χ4v) is 1.82. The molecule has 0 saturated carbocycles.